The first-order valence-electron chi connectivity index (χ1n) is 5.56. The number of pyridine rings is 1. The Kier molecular flexibility index (Phi) is 4.43. The molecule has 0 saturated heterocycles. The summed E-state index contributed by atoms with van der Waals surface area (Å²) in [6.07, 6.45) is 6.10. The Balaban J connectivity index is 2.04. The van der Waals surface area contributed by atoms with Crippen molar-refractivity contribution in [3.05, 3.63) is 54.0 Å². The monoisotopic (exact) mass is 277 g/mol. The lowest BCUT2D eigenvalue weighted by Crippen LogP contribution is -2.06. The summed E-state index contributed by atoms with van der Waals surface area (Å²) in [7, 11) is 0. The number of rotatable bonds is 5. The minimum absolute atomic E-state index is 0.0388. The number of carbonyl (C=O) groups excluding carboxylic acids is 1. The van der Waals surface area contributed by atoms with E-state index in [4.69, 9.17) is 0 Å². The number of halogens is 2. The van der Waals surface area contributed by atoms with E-state index < -0.39 is 12.4 Å². The third-order valence-corrected chi connectivity index (χ3v) is 2.24. The summed E-state index contributed by atoms with van der Waals surface area (Å²) < 4.78 is 27.9. The fraction of sp³-hybridized carbons (Fsp3) is 0.0769. The number of hydrogen-bond acceptors (Lipinski definition) is 5. The molecule has 0 aliphatic heterocycles. The smallest absolute Gasteiger partial charge is 0.388 e. The average Bonchev–Trinajstić information content (AvgIpc) is 2.46. The van der Waals surface area contributed by atoms with Crippen molar-refractivity contribution in [2.45, 2.75) is 6.61 Å². The lowest BCUT2D eigenvalue weighted by Gasteiger charge is -2.01. The van der Waals surface area contributed by atoms with Crippen molar-refractivity contribution in [1.82, 2.24) is 15.2 Å². The molecule has 0 bridgehead atoms. The van der Waals surface area contributed by atoms with Crippen LogP contribution in [0.25, 0.3) is 6.08 Å². The van der Waals surface area contributed by atoms with E-state index in [1.807, 2.05) is 0 Å². The van der Waals surface area contributed by atoms with Crippen LogP contribution in [0.15, 0.2) is 42.7 Å². The predicted molar refractivity (Wildman–Crippen MR) is 66.3 cm³/mol. The number of nitrogens with zero attached hydrogens (tertiary/aromatic N) is 3. The van der Waals surface area contributed by atoms with Crippen molar-refractivity contribution >= 4 is 11.9 Å². The summed E-state index contributed by atoms with van der Waals surface area (Å²) in [5, 5.41) is 6.90. The Morgan fingerprint density at radius 1 is 1.15 bits per heavy atom. The molecule has 2 rings (SSSR count). The van der Waals surface area contributed by atoms with Gasteiger partial charge >= 0.3 is 6.61 Å². The van der Waals surface area contributed by atoms with Gasteiger partial charge in [-0.05, 0) is 29.8 Å². The van der Waals surface area contributed by atoms with E-state index in [2.05, 4.69) is 19.9 Å². The third kappa shape index (κ3) is 3.91. The molecular weight excluding hydrogens is 268 g/mol. The van der Waals surface area contributed by atoms with E-state index in [1.165, 1.54) is 12.1 Å². The second-order valence-corrected chi connectivity index (χ2v) is 3.61. The molecule has 0 saturated carbocycles. The van der Waals surface area contributed by atoms with Gasteiger partial charge in [0.05, 0.1) is 0 Å². The lowest BCUT2D eigenvalue weighted by molar-refractivity contribution is -0.0534. The maximum Gasteiger partial charge on any atom is 0.388 e. The Morgan fingerprint density at radius 2 is 1.90 bits per heavy atom. The van der Waals surface area contributed by atoms with Crippen LogP contribution in [0.1, 0.15) is 16.1 Å². The minimum atomic E-state index is -2.97. The molecule has 0 fully saturated rings. The Labute approximate surface area is 112 Å². The van der Waals surface area contributed by atoms with Gasteiger partial charge in [0.1, 0.15) is 5.69 Å². The lowest BCUT2D eigenvalue weighted by atomic mass is 10.2. The molecule has 102 valence electrons. The van der Waals surface area contributed by atoms with Crippen molar-refractivity contribution < 1.29 is 18.3 Å². The summed E-state index contributed by atoms with van der Waals surface area (Å²) in [6.45, 7) is -2.97. The maximum absolute atomic E-state index is 11.9. The standard InChI is InChI=1S/C13H9F2N3O2/c14-13(15)20-12-4-2-10(17-18-12)11(19)3-1-9-5-7-16-8-6-9/h1-8,13H/b3-1+. The quantitative estimate of drug-likeness (QED) is 0.620. The number of ether oxygens (including phenoxy) is 1. The molecule has 7 heteroatoms. The van der Waals surface area contributed by atoms with E-state index >= 15 is 0 Å². The number of ketones is 1. The predicted octanol–water partition coefficient (Wildman–Crippen LogP) is 2.37. The number of hydrogen-bond donors (Lipinski definition) is 0. The van der Waals surface area contributed by atoms with Crippen molar-refractivity contribution in [3.8, 4) is 5.88 Å². The summed E-state index contributed by atoms with van der Waals surface area (Å²) in [5.41, 5.74) is 0.843. The van der Waals surface area contributed by atoms with Crippen molar-refractivity contribution in [2.24, 2.45) is 0 Å². The summed E-state index contributed by atoms with van der Waals surface area (Å²) in [4.78, 5) is 15.6. The van der Waals surface area contributed by atoms with Gasteiger partial charge in [-0.25, -0.2) is 0 Å². The van der Waals surface area contributed by atoms with Crippen LogP contribution in [0, 0.1) is 0 Å². The van der Waals surface area contributed by atoms with Gasteiger partial charge in [-0.3, -0.25) is 9.78 Å². The molecule has 20 heavy (non-hydrogen) atoms. The van der Waals surface area contributed by atoms with Gasteiger partial charge in [-0.2, -0.15) is 8.78 Å². The van der Waals surface area contributed by atoms with E-state index in [0.717, 1.165) is 11.6 Å². The zero-order valence-corrected chi connectivity index (χ0v) is 10.1. The van der Waals surface area contributed by atoms with Crippen molar-refractivity contribution in [2.75, 3.05) is 0 Å². The second kappa shape index (κ2) is 6.46. The zero-order valence-electron chi connectivity index (χ0n) is 10.1. The molecule has 0 aromatic carbocycles. The Hall–Kier alpha value is -2.70. The van der Waals surface area contributed by atoms with Crippen molar-refractivity contribution in [1.29, 1.82) is 0 Å². The Morgan fingerprint density at radius 3 is 2.50 bits per heavy atom. The first-order chi connectivity index (χ1) is 9.65. The van der Waals surface area contributed by atoms with Crippen LogP contribution in [-0.2, 0) is 0 Å². The van der Waals surface area contributed by atoms with Gasteiger partial charge < -0.3 is 4.74 Å². The largest absolute Gasteiger partial charge is 0.415 e. The first kappa shape index (κ1) is 13.7. The highest BCUT2D eigenvalue weighted by atomic mass is 19.3. The van der Waals surface area contributed by atoms with Crippen LogP contribution in [-0.4, -0.2) is 27.6 Å². The molecule has 2 heterocycles. The SMILES string of the molecule is O=C(/C=C/c1ccncc1)c1ccc(OC(F)F)nn1. The van der Waals surface area contributed by atoms with Gasteiger partial charge in [0, 0.05) is 18.5 Å². The third-order valence-electron chi connectivity index (χ3n) is 2.24. The molecule has 5 nitrogen and oxygen atoms in total. The Bertz CT molecular complexity index is 601. The van der Waals surface area contributed by atoms with Crippen LogP contribution in [0.4, 0.5) is 8.78 Å². The molecule has 0 atom stereocenters. The molecule has 0 N–H and O–H groups in total. The summed E-state index contributed by atoms with van der Waals surface area (Å²) >= 11 is 0. The molecule has 0 radical (unpaired) electrons. The molecular formula is C13H9F2N3O2. The molecule has 0 aliphatic rings. The maximum atomic E-state index is 11.9. The number of allylic oxidation sites excluding steroid dienone is 1. The van der Waals surface area contributed by atoms with Crippen LogP contribution in [0.2, 0.25) is 0 Å². The number of alkyl halides is 2. The fourth-order valence-electron chi connectivity index (χ4n) is 1.34. The van der Waals surface area contributed by atoms with Gasteiger partial charge in [0.2, 0.25) is 11.7 Å². The molecule has 2 aromatic heterocycles. The van der Waals surface area contributed by atoms with E-state index in [1.54, 1.807) is 30.6 Å². The highest BCUT2D eigenvalue weighted by Crippen LogP contribution is 2.09. The van der Waals surface area contributed by atoms with Gasteiger partial charge in [0.25, 0.3) is 0 Å². The van der Waals surface area contributed by atoms with Crippen LogP contribution >= 0.6 is 0 Å². The highest BCUT2D eigenvalue weighted by molar-refractivity contribution is 6.05. The number of aromatic nitrogens is 3. The fourth-order valence-corrected chi connectivity index (χ4v) is 1.34. The minimum Gasteiger partial charge on any atom is -0.415 e. The van der Waals surface area contributed by atoms with Crippen molar-refractivity contribution in [3.63, 3.8) is 0 Å². The van der Waals surface area contributed by atoms with Gasteiger partial charge in [-0.1, -0.05) is 6.08 Å². The van der Waals surface area contributed by atoms with Gasteiger partial charge in [-0.15, -0.1) is 10.2 Å². The van der Waals surface area contributed by atoms with E-state index in [9.17, 15) is 13.6 Å². The van der Waals surface area contributed by atoms with Crippen LogP contribution < -0.4 is 4.74 Å². The molecule has 2 aromatic rings. The van der Waals surface area contributed by atoms with Crippen LogP contribution in [0.3, 0.4) is 0 Å². The van der Waals surface area contributed by atoms with Gasteiger partial charge in [0.15, 0.2) is 0 Å². The summed E-state index contributed by atoms with van der Waals surface area (Å²) in [6, 6.07) is 5.89. The normalized spacial score (nSPS) is 10.9. The van der Waals surface area contributed by atoms with Crippen LogP contribution in [0.5, 0.6) is 5.88 Å². The molecule has 0 amide bonds. The number of carbonyl (C=O) groups is 1. The molecule has 0 unspecified atom stereocenters. The topological polar surface area (TPSA) is 65.0 Å². The average molecular weight is 277 g/mol. The highest BCUT2D eigenvalue weighted by Gasteiger charge is 2.08. The first-order valence-corrected chi connectivity index (χ1v) is 5.56. The molecule has 0 spiro atoms. The van der Waals surface area contributed by atoms with E-state index in [-0.39, 0.29) is 11.6 Å². The zero-order chi connectivity index (χ0) is 14.4. The summed E-state index contributed by atoms with van der Waals surface area (Å²) in [5.74, 6) is -0.729. The second-order valence-electron chi connectivity index (χ2n) is 3.61. The van der Waals surface area contributed by atoms with E-state index in [0.29, 0.717) is 0 Å². The molecule has 0 aliphatic carbocycles.